The maximum Gasteiger partial charge on any atom is 0.0681 e. The van der Waals surface area contributed by atoms with Gasteiger partial charge >= 0.3 is 0 Å². The van der Waals surface area contributed by atoms with Gasteiger partial charge in [-0.25, -0.2) is 4.68 Å². The average molecular weight is 201 g/mol. The first kappa shape index (κ1) is 9.93. The summed E-state index contributed by atoms with van der Waals surface area (Å²) >= 11 is 0. The van der Waals surface area contributed by atoms with Gasteiger partial charge < -0.3 is 5.73 Å². The van der Waals surface area contributed by atoms with Crippen LogP contribution < -0.4 is 5.73 Å². The third-order valence-corrected chi connectivity index (χ3v) is 2.53. The van der Waals surface area contributed by atoms with Gasteiger partial charge in [0.05, 0.1) is 11.4 Å². The van der Waals surface area contributed by atoms with Gasteiger partial charge in [-0.15, -0.1) is 0 Å². The maximum atomic E-state index is 5.66. The van der Waals surface area contributed by atoms with Gasteiger partial charge in [0.2, 0.25) is 0 Å². The number of hydrogen-bond donors (Lipinski definition) is 1. The smallest absolute Gasteiger partial charge is 0.0681 e. The SMILES string of the molecule is CCc1ccccc1-n1nccc1CN. The predicted molar refractivity (Wildman–Crippen MR) is 60.8 cm³/mol. The molecule has 15 heavy (non-hydrogen) atoms. The van der Waals surface area contributed by atoms with E-state index in [0.29, 0.717) is 6.54 Å². The van der Waals surface area contributed by atoms with E-state index in [1.165, 1.54) is 5.56 Å². The maximum absolute atomic E-state index is 5.66. The van der Waals surface area contributed by atoms with Crippen molar-refractivity contribution in [3.8, 4) is 5.69 Å². The zero-order chi connectivity index (χ0) is 10.7. The Balaban J connectivity index is 2.53. The lowest BCUT2D eigenvalue weighted by Crippen LogP contribution is -2.08. The summed E-state index contributed by atoms with van der Waals surface area (Å²) in [6.07, 6.45) is 2.79. The van der Waals surface area contributed by atoms with Crippen LogP contribution in [0.5, 0.6) is 0 Å². The molecule has 2 rings (SSSR count). The normalized spacial score (nSPS) is 10.5. The van der Waals surface area contributed by atoms with Gasteiger partial charge in [0.1, 0.15) is 0 Å². The van der Waals surface area contributed by atoms with E-state index in [9.17, 15) is 0 Å². The van der Waals surface area contributed by atoms with Gasteiger partial charge in [-0.3, -0.25) is 0 Å². The lowest BCUT2D eigenvalue weighted by molar-refractivity contribution is 0.793. The number of aromatic nitrogens is 2. The zero-order valence-electron chi connectivity index (χ0n) is 8.85. The van der Waals surface area contributed by atoms with Crippen molar-refractivity contribution in [2.24, 2.45) is 5.73 Å². The van der Waals surface area contributed by atoms with Crippen LogP contribution in [-0.2, 0) is 13.0 Å². The van der Waals surface area contributed by atoms with Crippen LogP contribution >= 0.6 is 0 Å². The topological polar surface area (TPSA) is 43.8 Å². The van der Waals surface area contributed by atoms with Crippen molar-refractivity contribution in [1.29, 1.82) is 0 Å². The molecule has 0 aliphatic rings. The first-order chi connectivity index (χ1) is 7.36. The Morgan fingerprint density at radius 3 is 2.80 bits per heavy atom. The van der Waals surface area contributed by atoms with Crippen molar-refractivity contribution in [1.82, 2.24) is 9.78 Å². The molecule has 0 fully saturated rings. The van der Waals surface area contributed by atoms with Crippen molar-refractivity contribution in [2.45, 2.75) is 19.9 Å². The highest BCUT2D eigenvalue weighted by molar-refractivity contribution is 5.41. The second-order valence-corrected chi connectivity index (χ2v) is 3.42. The Morgan fingerprint density at radius 1 is 1.27 bits per heavy atom. The molecular formula is C12H15N3. The molecule has 0 unspecified atom stereocenters. The predicted octanol–water partition coefficient (Wildman–Crippen LogP) is 1.89. The van der Waals surface area contributed by atoms with Crippen molar-refractivity contribution in [3.05, 3.63) is 47.8 Å². The number of hydrogen-bond acceptors (Lipinski definition) is 2. The minimum absolute atomic E-state index is 0.512. The van der Waals surface area contributed by atoms with E-state index in [1.54, 1.807) is 6.20 Å². The van der Waals surface area contributed by atoms with Crippen molar-refractivity contribution in [2.75, 3.05) is 0 Å². The summed E-state index contributed by atoms with van der Waals surface area (Å²) in [6.45, 7) is 2.66. The van der Waals surface area contributed by atoms with E-state index >= 15 is 0 Å². The van der Waals surface area contributed by atoms with Crippen molar-refractivity contribution in [3.63, 3.8) is 0 Å². The van der Waals surface area contributed by atoms with Crippen LogP contribution in [0.2, 0.25) is 0 Å². The van der Waals surface area contributed by atoms with Gasteiger partial charge in [0, 0.05) is 12.7 Å². The average Bonchev–Trinajstić information content (AvgIpc) is 2.76. The van der Waals surface area contributed by atoms with Crippen LogP contribution in [0.3, 0.4) is 0 Å². The van der Waals surface area contributed by atoms with Crippen LogP contribution in [0.15, 0.2) is 36.5 Å². The quantitative estimate of drug-likeness (QED) is 0.824. The fraction of sp³-hybridized carbons (Fsp3) is 0.250. The number of benzene rings is 1. The van der Waals surface area contributed by atoms with Gasteiger partial charge in [0.15, 0.2) is 0 Å². The molecule has 0 saturated carbocycles. The second-order valence-electron chi connectivity index (χ2n) is 3.42. The molecule has 3 nitrogen and oxygen atoms in total. The molecule has 2 N–H and O–H groups in total. The number of nitrogens with two attached hydrogens (primary N) is 1. The Kier molecular flexibility index (Phi) is 2.83. The summed E-state index contributed by atoms with van der Waals surface area (Å²) in [5.74, 6) is 0. The highest BCUT2D eigenvalue weighted by Gasteiger charge is 2.06. The molecule has 0 aliphatic heterocycles. The van der Waals surface area contributed by atoms with Crippen LogP contribution in [-0.4, -0.2) is 9.78 Å². The van der Waals surface area contributed by atoms with Gasteiger partial charge in [0.25, 0.3) is 0 Å². The molecule has 0 aliphatic carbocycles. The molecule has 1 aromatic heterocycles. The van der Waals surface area contributed by atoms with E-state index in [4.69, 9.17) is 5.73 Å². The van der Waals surface area contributed by atoms with Gasteiger partial charge in [-0.1, -0.05) is 25.1 Å². The third kappa shape index (κ3) is 1.78. The fourth-order valence-electron chi connectivity index (χ4n) is 1.72. The zero-order valence-corrected chi connectivity index (χ0v) is 8.85. The third-order valence-electron chi connectivity index (χ3n) is 2.53. The summed E-state index contributed by atoms with van der Waals surface area (Å²) in [5, 5.41) is 4.30. The molecule has 1 heterocycles. The van der Waals surface area contributed by atoms with Crippen LogP contribution in [0.1, 0.15) is 18.2 Å². The molecule has 3 heteroatoms. The molecule has 0 atom stereocenters. The molecule has 78 valence electrons. The number of rotatable bonds is 3. The Bertz CT molecular complexity index is 446. The molecule has 0 bridgehead atoms. The minimum atomic E-state index is 0.512. The molecule has 2 aromatic rings. The van der Waals surface area contributed by atoms with E-state index < -0.39 is 0 Å². The van der Waals surface area contributed by atoms with E-state index in [2.05, 4.69) is 24.2 Å². The van der Waals surface area contributed by atoms with Crippen LogP contribution in [0.25, 0.3) is 5.69 Å². The lowest BCUT2D eigenvalue weighted by Gasteiger charge is -2.10. The van der Waals surface area contributed by atoms with Gasteiger partial charge in [-0.2, -0.15) is 5.10 Å². The molecular weight excluding hydrogens is 186 g/mol. The summed E-state index contributed by atoms with van der Waals surface area (Å²) in [5.41, 5.74) is 9.12. The van der Waals surface area contributed by atoms with Crippen LogP contribution in [0, 0.1) is 0 Å². The molecule has 0 radical (unpaired) electrons. The summed E-state index contributed by atoms with van der Waals surface area (Å²) in [4.78, 5) is 0. The number of aryl methyl sites for hydroxylation is 1. The van der Waals surface area contributed by atoms with Crippen molar-refractivity contribution < 1.29 is 0 Å². The first-order valence-corrected chi connectivity index (χ1v) is 5.18. The summed E-state index contributed by atoms with van der Waals surface area (Å²) in [7, 11) is 0. The molecule has 0 saturated heterocycles. The van der Waals surface area contributed by atoms with E-state index in [-0.39, 0.29) is 0 Å². The first-order valence-electron chi connectivity index (χ1n) is 5.18. The van der Waals surface area contributed by atoms with Crippen molar-refractivity contribution >= 4 is 0 Å². The monoisotopic (exact) mass is 201 g/mol. The van der Waals surface area contributed by atoms with E-state index in [1.807, 2.05) is 22.9 Å². The fourth-order valence-corrected chi connectivity index (χ4v) is 1.72. The molecule has 0 amide bonds. The molecule has 0 spiro atoms. The lowest BCUT2D eigenvalue weighted by atomic mass is 10.1. The Hall–Kier alpha value is -1.61. The highest BCUT2D eigenvalue weighted by Crippen LogP contribution is 2.16. The number of nitrogens with zero attached hydrogens (tertiary/aromatic N) is 2. The number of para-hydroxylation sites is 1. The molecule has 1 aromatic carbocycles. The standard InChI is InChI=1S/C12H15N3/c1-2-10-5-3-4-6-12(10)15-11(9-13)7-8-14-15/h3-8H,2,9,13H2,1H3. The Morgan fingerprint density at radius 2 is 2.07 bits per heavy atom. The largest absolute Gasteiger partial charge is 0.325 e. The Labute approximate surface area is 89.5 Å². The summed E-state index contributed by atoms with van der Waals surface area (Å²) < 4.78 is 1.92. The minimum Gasteiger partial charge on any atom is -0.325 e. The second kappa shape index (κ2) is 4.28. The summed E-state index contributed by atoms with van der Waals surface area (Å²) in [6, 6.07) is 10.2. The van der Waals surface area contributed by atoms with Gasteiger partial charge in [-0.05, 0) is 24.1 Å². The van der Waals surface area contributed by atoms with E-state index in [0.717, 1.165) is 17.8 Å². The highest BCUT2D eigenvalue weighted by atomic mass is 15.3. The van der Waals surface area contributed by atoms with Crippen LogP contribution in [0.4, 0.5) is 0 Å².